The summed E-state index contributed by atoms with van der Waals surface area (Å²) in [6.45, 7) is 3.74. The Morgan fingerprint density at radius 3 is 2.67 bits per heavy atom. The number of benzene rings is 1. The van der Waals surface area contributed by atoms with E-state index >= 15 is 0 Å². The van der Waals surface area contributed by atoms with Crippen LogP contribution < -0.4 is 5.32 Å². The molecule has 128 valence electrons. The average Bonchev–Trinajstić information content (AvgIpc) is 2.60. The maximum Gasteiger partial charge on any atom is 0.224 e. The van der Waals surface area contributed by atoms with Crippen molar-refractivity contribution in [1.29, 1.82) is 0 Å². The van der Waals surface area contributed by atoms with Gasteiger partial charge in [0.15, 0.2) is 0 Å². The predicted molar refractivity (Wildman–Crippen MR) is 110 cm³/mol. The van der Waals surface area contributed by atoms with Gasteiger partial charge < -0.3 is 5.32 Å². The second-order valence-electron chi connectivity index (χ2n) is 5.99. The van der Waals surface area contributed by atoms with Gasteiger partial charge in [-0.3, -0.25) is 9.78 Å². The van der Waals surface area contributed by atoms with E-state index < -0.39 is 0 Å². The van der Waals surface area contributed by atoms with Gasteiger partial charge in [-0.15, -0.1) is 6.58 Å². The molecule has 1 N–H and O–H groups in total. The van der Waals surface area contributed by atoms with Gasteiger partial charge in [0.2, 0.25) is 5.91 Å². The van der Waals surface area contributed by atoms with Gasteiger partial charge in [-0.2, -0.15) is 0 Å². The number of hydrogen-bond donors (Lipinski definition) is 1. The highest BCUT2D eigenvalue weighted by Gasteiger charge is 2.08. The number of fused-ring (bicyclic) bond motifs is 1. The van der Waals surface area contributed by atoms with Crippen LogP contribution in [0.5, 0.6) is 0 Å². The standard InChI is InChI=1S/C20H25IN2O/c1-2-3-4-5-6-7-8-9-12-19(24)23-18-14-13-17(21)16-11-10-15-22-20(16)18/h2,10-11,13-15H,1,3-9,12H2,(H,23,24). The third kappa shape index (κ3) is 5.89. The van der Waals surface area contributed by atoms with Crippen LogP contribution in [-0.4, -0.2) is 10.9 Å². The Labute approximate surface area is 158 Å². The van der Waals surface area contributed by atoms with Gasteiger partial charge in [-0.25, -0.2) is 0 Å². The van der Waals surface area contributed by atoms with E-state index in [4.69, 9.17) is 0 Å². The van der Waals surface area contributed by atoms with Crippen molar-refractivity contribution >= 4 is 45.1 Å². The van der Waals surface area contributed by atoms with Crippen molar-refractivity contribution in [3.8, 4) is 0 Å². The summed E-state index contributed by atoms with van der Waals surface area (Å²) in [5, 5.41) is 4.09. The molecular weight excluding hydrogens is 411 g/mol. The largest absolute Gasteiger partial charge is 0.324 e. The van der Waals surface area contributed by atoms with Crippen LogP contribution in [0.4, 0.5) is 5.69 Å². The highest BCUT2D eigenvalue weighted by molar-refractivity contribution is 14.1. The van der Waals surface area contributed by atoms with Gasteiger partial charge in [0.1, 0.15) is 0 Å². The van der Waals surface area contributed by atoms with Crippen molar-refractivity contribution in [2.24, 2.45) is 0 Å². The molecule has 1 aromatic carbocycles. The van der Waals surface area contributed by atoms with Crippen LogP contribution in [0.25, 0.3) is 10.9 Å². The topological polar surface area (TPSA) is 42.0 Å². The number of nitrogens with zero attached hydrogens (tertiary/aromatic N) is 1. The lowest BCUT2D eigenvalue weighted by Crippen LogP contribution is -2.11. The maximum absolute atomic E-state index is 12.2. The Hall–Kier alpha value is -1.43. The zero-order valence-corrected chi connectivity index (χ0v) is 16.2. The van der Waals surface area contributed by atoms with Crippen LogP contribution in [0.2, 0.25) is 0 Å². The SMILES string of the molecule is C=CCCCCCCCCC(=O)Nc1ccc(I)c2cccnc12. The molecule has 0 aliphatic rings. The van der Waals surface area contributed by atoms with Crippen LogP contribution in [0.3, 0.4) is 0 Å². The Balaban J connectivity index is 1.75. The fourth-order valence-electron chi connectivity index (χ4n) is 2.73. The van der Waals surface area contributed by atoms with E-state index in [1.807, 2.05) is 30.3 Å². The van der Waals surface area contributed by atoms with Gasteiger partial charge in [-0.1, -0.05) is 37.8 Å². The molecule has 0 fully saturated rings. The molecule has 0 unspecified atom stereocenters. The summed E-state index contributed by atoms with van der Waals surface area (Å²) in [7, 11) is 0. The highest BCUT2D eigenvalue weighted by atomic mass is 127. The van der Waals surface area contributed by atoms with E-state index in [0.717, 1.165) is 39.4 Å². The normalized spacial score (nSPS) is 10.7. The first kappa shape index (κ1) is 18.9. The number of amides is 1. The molecule has 0 aliphatic heterocycles. The van der Waals surface area contributed by atoms with Gasteiger partial charge in [0, 0.05) is 21.6 Å². The van der Waals surface area contributed by atoms with Crippen LogP contribution in [0, 0.1) is 3.57 Å². The Bertz CT molecular complexity index is 684. The maximum atomic E-state index is 12.2. The summed E-state index contributed by atoms with van der Waals surface area (Å²) in [6, 6.07) is 7.91. The van der Waals surface area contributed by atoms with Crippen LogP contribution in [0.15, 0.2) is 43.1 Å². The number of allylic oxidation sites excluding steroid dienone is 1. The molecule has 2 aromatic rings. The average molecular weight is 436 g/mol. The highest BCUT2D eigenvalue weighted by Crippen LogP contribution is 2.26. The van der Waals surface area contributed by atoms with E-state index in [1.165, 1.54) is 25.7 Å². The molecule has 0 bridgehead atoms. The molecular formula is C20H25IN2O. The predicted octanol–water partition coefficient (Wildman–Crippen LogP) is 6.08. The lowest BCUT2D eigenvalue weighted by molar-refractivity contribution is -0.116. The molecule has 0 radical (unpaired) electrons. The minimum absolute atomic E-state index is 0.0785. The molecule has 1 amide bonds. The number of aromatic nitrogens is 1. The molecule has 0 saturated heterocycles. The summed E-state index contributed by atoms with van der Waals surface area (Å²) >= 11 is 2.29. The van der Waals surface area contributed by atoms with E-state index in [0.29, 0.717) is 6.42 Å². The molecule has 1 aromatic heterocycles. The number of anilines is 1. The minimum atomic E-state index is 0.0785. The zero-order chi connectivity index (χ0) is 17.2. The summed E-state index contributed by atoms with van der Waals surface area (Å²) in [4.78, 5) is 16.6. The molecule has 3 nitrogen and oxygen atoms in total. The number of carbonyl (C=O) groups is 1. The lowest BCUT2D eigenvalue weighted by atomic mass is 10.1. The van der Waals surface area contributed by atoms with Crippen LogP contribution in [0.1, 0.15) is 51.4 Å². The quantitative estimate of drug-likeness (QED) is 0.279. The first-order valence-electron chi connectivity index (χ1n) is 8.66. The molecule has 24 heavy (non-hydrogen) atoms. The lowest BCUT2D eigenvalue weighted by Gasteiger charge is -2.09. The molecule has 0 spiro atoms. The van der Waals surface area contributed by atoms with E-state index in [2.05, 4.69) is 39.5 Å². The van der Waals surface area contributed by atoms with Crippen molar-refractivity contribution in [3.05, 3.63) is 46.7 Å². The van der Waals surface area contributed by atoms with E-state index in [9.17, 15) is 4.79 Å². The molecule has 0 atom stereocenters. The molecule has 4 heteroatoms. The van der Waals surface area contributed by atoms with Crippen molar-refractivity contribution in [1.82, 2.24) is 4.98 Å². The second-order valence-corrected chi connectivity index (χ2v) is 7.15. The molecule has 2 rings (SSSR count). The fraction of sp³-hybridized carbons (Fsp3) is 0.400. The van der Waals surface area contributed by atoms with E-state index in [-0.39, 0.29) is 5.91 Å². The number of carbonyl (C=O) groups excluding carboxylic acids is 1. The zero-order valence-electron chi connectivity index (χ0n) is 14.1. The number of halogens is 1. The van der Waals surface area contributed by atoms with Gasteiger partial charge >= 0.3 is 0 Å². The van der Waals surface area contributed by atoms with Gasteiger partial charge in [0.25, 0.3) is 0 Å². The van der Waals surface area contributed by atoms with Crippen molar-refractivity contribution < 1.29 is 4.79 Å². The number of unbranched alkanes of at least 4 members (excludes halogenated alkanes) is 6. The van der Waals surface area contributed by atoms with Crippen LogP contribution in [-0.2, 0) is 4.79 Å². The number of nitrogens with one attached hydrogen (secondary N) is 1. The van der Waals surface area contributed by atoms with Crippen molar-refractivity contribution in [2.75, 3.05) is 5.32 Å². The Morgan fingerprint density at radius 2 is 1.88 bits per heavy atom. The Kier molecular flexibility index (Phi) is 8.22. The Morgan fingerprint density at radius 1 is 1.12 bits per heavy atom. The van der Waals surface area contributed by atoms with E-state index in [1.54, 1.807) is 6.20 Å². The monoisotopic (exact) mass is 436 g/mol. The number of hydrogen-bond acceptors (Lipinski definition) is 2. The van der Waals surface area contributed by atoms with Crippen molar-refractivity contribution in [3.63, 3.8) is 0 Å². The third-order valence-electron chi connectivity index (χ3n) is 4.05. The number of pyridine rings is 1. The second kappa shape index (κ2) is 10.4. The summed E-state index contributed by atoms with van der Waals surface area (Å²) < 4.78 is 1.14. The van der Waals surface area contributed by atoms with Gasteiger partial charge in [-0.05, 0) is 60.1 Å². The fourth-order valence-corrected chi connectivity index (χ4v) is 3.35. The summed E-state index contributed by atoms with van der Waals surface area (Å²) in [5.41, 5.74) is 1.67. The minimum Gasteiger partial charge on any atom is -0.324 e. The van der Waals surface area contributed by atoms with Crippen molar-refractivity contribution in [2.45, 2.75) is 51.4 Å². The smallest absolute Gasteiger partial charge is 0.224 e. The third-order valence-corrected chi connectivity index (χ3v) is 4.99. The summed E-state index contributed by atoms with van der Waals surface area (Å²) in [6.07, 6.45) is 12.5. The number of rotatable bonds is 10. The first-order chi connectivity index (χ1) is 11.7. The summed E-state index contributed by atoms with van der Waals surface area (Å²) in [5.74, 6) is 0.0785. The van der Waals surface area contributed by atoms with Gasteiger partial charge in [0.05, 0.1) is 11.2 Å². The van der Waals surface area contributed by atoms with Crippen LogP contribution >= 0.6 is 22.6 Å². The molecule has 0 aliphatic carbocycles. The molecule has 0 saturated carbocycles. The molecule has 1 heterocycles. The first-order valence-corrected chi connectivity index (χ1v) is 9.74.